The summed E-state index contributed by atoms with van der Waals surface area (Å²) in [6.07, 6.45) is 6.92. The fraction of sp³-hybridized carbons (Fsp3) is 0.229. The predicted octanol–water partition coefficient (Wildman–Crippen LogP) is 19.2. The van der Waals surface area contributed by atoms with Crippen molar-refractivity contribution in [2.45, 2.75) is 105 Å². The number of fused-ring (bicyclic) bond motifs is 12. The molecule has 2 unspecified atom stereocenters. The summed E-state index contributed by atoms with van der Waals surface area (Å²) in [6, 6.07) is 71.3. The van der Waals surface area contributed by atoms with Gasteiger partial charge in [0.25, 0.3) is 0 Å². The SMILES string of the molecule is C=Cc1cc(C(C)C(C)c2ccc3c(c2)C2(c4ccccc4-c4ccccc42)c2cc(C)c4ccccc4c2-3)ccc1C.CCCc1ccc(C)c(CCC)c1.Cc1ccccc1.Cc1ccccc1. The highest BCUT2D eigenvalue weighted by atomic mass is 14.5. The molecule has 0 heterocycles. The van der Waals surface area contributed by atoms with Crippen LogP contribution in [-0.2, 0) is 18.3 Å². The normalized spacial score (nSPS) is 12.9. The van der Waals surface area contributed by atoms with Crippen molar-refractivity contribution >= 4 is 16.8 Å². The summed E-state index contributed by atoms with van der Waals surface area (Å²) in [4.78, 5) is 0. The van der Waals surface area contributed by atoms with E-state index in [-0.39, 0.29) is 5.41 Å². The molecular weight excluding hydrogens is 841 g/mol. The quantitative estimate of drug-likeness (QED) is 0.142. The Morgan fingerprint density at radius 1 is 0.429 bits per heavy atom. The molecule has 2 aliphatic carbocycles. The van der Waals surface area contributed by atoms with Crippen molar-refractivity contribution < 1.29 is 0 Å². The molecule has 2 aliphatic rings. The van der Waals surface area contributed by atoms with Gasteiger partial charge >= 0.3 is 0 Å². The molecule has 0 saturated carbocycles. The van der Waals surface area contributed by atoms with Crippen LogP contribution in [0.15, 0.2) is 201 Å². The van der Waals surface area contributed by atoms with Gasteiger partial charge in [-0.1, -0.05) is 258 Å². The predicted molar refractivity (Wildman–Crippen MR) is 305 cm³/mol. The molecule has 11 rings (SSSR count). The Morgan fingerprint density at radius 3 is 1.50 bits per heavy atom. The summed E-state index contributed by atoms with van der Waals surface area (Å²) in [5, 5.41) is 2.69. The molecule has 0 heteroatoms. The van der Waals surface area contributed by atoms with Crippen LogP contribution in [-0.4, -0.2) is 0 Å². The molecule has 0 N–H and O–H groups in total. The van der Waals surface area contributed by atoms with E-state index in [2.05, 4.69) is 227 Å². The van der Waals surface area contributed by atoms with Crippen LogP contribution in [0, 0.1) is 34.6 Å². The van der Waals surface area contributed by atoms with E-state index >= 15 is 0 Å². The number of aryl methyl sites for hydroxylation is 7. The number of hydrogen-bond acceptors (Lipinski definition) is 0. The van der Waals surface area contributed by atoms with Gasteiger partial charge in [-0.05, 0) is 159 Å². The van der Waals surface area contributed by atoms with E-state index in [1.165, 1.54) is 137 Å². The lowest BCUT2D eigenvalue weighted by Gasteiger charge is -2.32. The Hall–Kier alpha value is -7.02. The molecule has 0 amide bonds. The van der Waals surface area contributed by atoms with E-state index in [9.17, 15) is 0 Å². The highest BCUT2D eigenvalue weighted by Gasteiger charge is 2.52. The first-order chi connectivity index (χ1) is 34.0. The van der Waals surface area contributed by atoms with Crippen LogP contribution in [0.5, 0.6) is 0 Å². The second-order valence-corrected chi connectivity index (χ2v) is 19.8. The van der Waals surface area contributed by atoms with Gasteiger partial charge in [0.15, 0.2) is 0 Å². The molecule has 0 bridgehead atoms. The highest BCUT2D eigenvalue weighted by molar-refractivity contribution is 6.07. The van der Waals surface area contributed by atoms with E-state index in [4.69, 9.17) is 0 Å². The van der Waals surface area contributed by atoms with Crippen LogP contribution in [0.3, 0.4) is 0 Å². The lowest BCUT2D eigenvalue weighted by molar-refractivity contribution is 0.621. The van der Waals surface area contributed by atoms with Gasteiger partial charge < -0.3 is 0 Å². The van der Waals surface area contributed by atoms with Gasteiger partial charge in [0, 0.05) is 0 Å². The lowest BCUT2D eigenvalue weighted by atomic mass is 9.69. The minimum atomic E-state index is -0.342. The third-order valence-corrected chi connectivity index (χ3v) is 15.0. The fourth-order valence-electron chi connectivity index (χ4n) is 11.0. The molecular formula is C70H72. The van der Waals surface area contributed by atoms with Gasteiger partial charge in [0.1, 0.15) is 0 Å². The molecule has 0 nitrogen and oxygen atoms in total. The Morgan fingerprint density at radius 2 is 0.943 bits per heavy atom. The van der Waals surface area contributed by atoms with Crippen LogP contribution in [0.4, 0.5) is 0 Å². The standard InChI is InChI=1S/C43H36.C13H20.2C7H8/c1-6-30-24-31(20-19-26(30)2)28(4)29(5)32-21-22-37-40(25-32)43(41-23-27(3)33-13-7-8-16-36(33)42(37)41)38-17-11-9-14-34(38)35-15-10-12-18-39(35)43;1-4-6-12-9-8-11(3)13(10-12)7-5-2;2*1-7-5-3-2-4-6-7/h6-25,28-29H,1H2,2-5H3;8-10H,4-7H2,1-3H3;2*2-6H,1H3. The van der Waals surface area contributed by atoms with E-state index in [0.717, 1.165) is 0 Å². The zero-order valence-corrected chi connectivity index (χ0v) is 43.2. The Balaban J connectivity index is 0.000000197. The maximum absolute atomic E-state index is 4.06. The van der Waals surface area contributed by atoms with Crippen LogP contribution in [0.2, 0.25) is 0 Å². The zero-order valence-electron chi connectivity index (χ0n) is 43.2. The van der Waals surface area contributed by atoms with E-state index < -0.39 is 0 Å². The number of rotatable bonds is 8. The highest BCUT2D eigenvalue weighted by Crippen LogP contribution is 2.64. The Bertz CT molecular complexity index is 3140. The summed E-state index contributed by atoms with van der Waals surface area (Å²) < 4.78 is 0. The van der Waals surface area contributed by atoms with E-state index in [1.54, 1.807) is 0 Å². The largest absolute Gasteiger partial charge is 0.0985 e. The van der Waals surface area contributed by atoms with Gasteiger partial charge in [-0.2, -0.15) is 0 Å². The summed E-state index contributed by atoms with van der Waals surface area (Å²) in [5.74, 6) is 0.708. The van der Waals surface area contributed by atoms with Crippen molar-refractivity contribution in [1.82, 2.24) is 0 Å². The second kappa shape index (κ2) is 22.2. The Labute approximate surface area is 420 Å². The van der Waals surface area contributed by atoms with Crippen LogP contribution in [0.25, 0.3) is 39.1 Å². The summed E-state index contributed by atoms with van der Waals surface area (Å²) in [6.45, 7) is 24.1. The average Bonchev–Trinajstić information content (AvgIpc) is 3.85. The second-order valence-electron chi connectivity index (χ2n) is 19.8. The first-order valence-electron chi connectivity index (χ1n) is 25.7. The van der Waals surface area contributed by atoms with Crippen LogP contribution >= 0.6 is 0 Å². The minimum absolute atomic E-state index is 0.342. The molecule has 1 spiro atoms. The molecule has 0 aliphatic heterocycles. The van der Waals surface area contributed by atoms with Gasteiger partial charge in [0.2, 0.25) is 0 Å². The number of benzene rings is 9. The first kappa shape index (κ1) is 49.4. The zero-order chi connectivity index (χ0) is 49.4. The summed E-state index contributed by atoms with van der Waals surface area (Å²) in [7, 11) is 0. The monoisotopic (exact) mass is 913 g/mol. The van der Waals surface area contributed by atoms with Crippen molar-refractivity contribution in [2.24, 2.45) is 0 Å². The summed E-state index contributed by atoms with van der Waals surface area (Å²) in [5.41, 5.74) is 24.5. The molecule has 0 aromatic heterocycles. The molecule has 0 fully saturated rings. The number of hydrogen-bond donors (Lipinski definition) is 0. The topological polar surface area (TPSA) is 0 Å². The first-order valence-corrected chi connectivity index (χ1v) is 25.7. The smallest absolute Gasteiger partial charge is 0.0725 e. The van der Waals surface area contributed by atoms with Crippen LogP contribution < -0.4 is 0 Å². The molecule has 70 heavy (non-hydrogen) atoms. The van der Waals surface area contributed by atoms with Gasteiger partial charge in [-0.25, -0.2) is 0 Å². The molecule has 9 aromatic carbocycles. The molecule has 0 radical (unpaired) electrons. The van der Waals surface area contributed by atoms with Crippen molar-refractivity contribution in [3.05, 3.63) is 279 Å². The van der Waals surface area contributed by atoms with E-state index in [0.29, 0.717) is 11.8 Å². The average molecular weight is 913 g/mol. The third-order valence-electron chi connectivity index (χ3n) is 15.0. The van der Waals surface area contributed by atoms with Crippen molar-refractivity contribution in [1.29, 1.82) is 0 Å². The van der Waals surface area contributed by atoms with Gasteiger partial charge in [-0.15, -0.1) is 0 Å². The van der Waals surface area contributed by atoms with Crippen LogP contribution in [0.1, 0.15) is 130 Å². The minimum Gasteiger partial charge on any atom is -0.0985 e. The van der Waals surface area contributed by atoms with Crippen molar-refractivity contribution in [2.75, 3.05) is 0 Å². The van der Waals surface area contributed by atoms with Crippen molar-refractivity contribution in [3.63, 3.8) is 0 Å². The van der Waals surface area contributed by atoms with Gasteiger partial charge in [0.05, 0.1) is 5.41 Å². The molecule has 2 atom stereocenters. The summed E-state index contributed by atoms with van der Waals surface area (Å²) >= 11 is 0. The van der Waals surface area contributed by atoms with Gasteiger partial charge in [-0.3, -0.25) is 0 Å². The molecule has 352 valence electrons. The van der Waals surface area contributed by atoms with Crippen molar-refractivity contribution in [3.8, 4) is 22.3 Å². The lowest BCUT2D eigenvalue weighted by Crippen LogP contribution is -2.26. The molecule has 0 saturated heterocycles. The maximum Gasteiger partial charge on any atom is 0.0725 e. The third kappa shape index (κ3) is 9.88. The fourth-order valence-corrected chi connectivity index (χ4v) is 11.0. The van der Waals surface area contributed by atoms with E-state index in [1.807, 2.05) is 42.5 Å². The Kier molecular flexibility index (Phi) is 15.6. The molecule has 9 aromatic rings. The maximum atomic E-state index is 4.06.